The van der Waals surface area contributed by atoms with E-state index in [0.29, 0.717) is 0 Å². The van der Waals surface area contributed by atoms with Crippen LogP contribution in [-0.2, 0) is 0 Å². The summed E-state index contributed by atoms with van der Waals surface area (Å²) in [5.74, 6) is 3.80. The molecule has 184 valence electrons. The van der Waals surface area contributed by atoms with Gasteiger partial charge >= 0.3 is 58.2 Å². The number of hydrogen-bond acceptors (Lipinski definition) is 2. The van der Waals surface area contributed by atoms with Crippen LogP contribution in [0.3, 0.4) is 0 Å². The molecule has 2 aliphatic carbocycles. The van der Waals surface area contributed by atoms with Gasteiger partial charge in [-0.2, -0.15) is 12.8 Å². The Hall–Kier alpha value is 1.73. The summed E-state index contributed by atoms with van der Waals surface area (Å²) < 4.78 is 0. The number of hydrogen-bond donors (Lipinski definition) is 0. The van der Waals surface area contributed by atoms with Gasteiger partial charge in [-0.25, -0.2) is 0 Å². The second-order valence-corrected chi connectivity index (χ2v) is 11.3. The van der Waals surface area contributed by atoms with Crippen molar-refractivity contribution in [2.45, 2.75) is 119 Å². The first-order valence-electron chi connectivity index (χ1n) is 14.3. The number of piperidine rings is 2. The summed E-state index contributed by atoms with van der Waals surface area (Å²) in [7, 11) is 0. The first kappa shape index (κ1) is 31.8. The van der Waals surface area contributed by atoms with Crippen molar-refractivity contribution in [1.29, 1.82) is 0 Å². The molecule has 4 aliphatic rings. The van der Waals surface area contributed by atoms with Crippen molar-refractivity contribution in [2.24, 2.45) is 22.7 Å². The molecule has 0 bridgehead atoms. The first-order chi connectivity index (χ1) is 15.0. The van der Waals surface area contributed by atoms with Crippen LogP contribution in [0, 0.1) is 28.6 Å². The summed E-state index contributed by atoms with van der Waals surface area (Å²) in [6.07, 6.45) is 16.2. The number of rotatable bonds is 5. The average molecular weight is 519 g/mol. The second-order valence-electron chi connectivity index (χ2n) is 11.3. The summed E-state index contributed by atoms with van der Waals surface area (Å²) in [6.45, 7) is 23.3. The minimum absolute atomic E-state index is 0. The molecule has 0 aromatic rings. The maximum atomic E-state index is 2.81. The Balaban J connectivity index is 0.000000971. The molecule has 2 saturated heterocycles. The fourth-order valence-electron chi connectivity index (χ4n) is 6.96. The molecule has 32 heavy (non-hydrogen) atoms. The van der Waals surface area contributed by atoms with Gasteiger partial charge in [-0.15, -0.1) is 6.54 Å². The molecular weight excluding hydrogens is 462 g/mol. The molecule has 0 radical (unpaired) electrons. The molecule has 0 aromatic carbocycles. The fraction of sp³-hybridized carbons (Fsp3) is 0.966. The van der Waals surface area contributed by atoms with Crippen LogP contribution in [0.25, 0.3) is 0 Å². The van der Waals surface area contributed by atoms with Crippen LogP contribution in [0.4, 0.5) is 0 Å². The van der Waals surface area contributed by atoms with Crippen molar-refractivity contribution in [2.75, 3.05) is 39.3 Å². The Labute approximate surface area is 252 Å². The van der Waals surface area contributed by atoms with Gasteiger partial charge in [-0.3, -0.25) is 5.92 Å². The Morgan fingerprint density at radius 1 is 0.750 bits per heavy atom. The summed E-state index contributed by atoms with van der Waals surface area (Å²) >= 11 is 0. The fourth-order valence-corrected chi connectivity index (χ4v) is 6.96. The van der Waals surface area contributed by atoms with Crippen LogP contribution >= 0.6 is 0 Å². The van der Waals surface area contributed by atoms with E-state index in [-0.39, 0.29) is 58.2 Å². The third kappa shape index (κ3) is 8.68. The van der Waals surface area contributed by atoms with Crippen LogP contribution in [-0.4, -0.2) is 49.1 Å². The standard InChI is InChI=1S/C25H45N2.2C2H6.Rb/c1-4-13-26-14-11-25(12-15-26)18-22(19-25)20-27-16-9-24(10-17-27)7-5-23(6-8-24)21(2)3;2*1-2;/h21,23H,4-20H2,1-3H3;2*1-2H3;/q-1;;;+1. The first-order valence-corrected chi connectivity index (χ1v) is 14.3. The molecule has 0 atom stereocenters. The Morgan fingerprint density at radius 2 is 1.22 bits per heavy atom. The molecule has 2 saturated carbocycles. The zero-order valence-electron chi connectivity index (χ0n) is 23.6. The third-order valence-corrected chi connectivity index (χ3v) is 9.10. The van der Waals surface area contributed by atoms with Crippen molar-refractivity contribution in [3.8, 4) is 0 Å². The molecule has 2 spiro atoms. The summed E-state index contributed by atoms with van der Waals surface area (Å²) in [6, 6.07) is 0. The van der Waals surface area contributed by atoms with E-state index in [0.717, 1.165) is 22.7 Å². The van der Waals surface area contributed by atoms with Crippen LogP contribution in [0.2, 0.25) is 0 Å². The molecule has 2 heterocycles. The monoisotopic (exact) mass is 518 g/mol. The molecular formula is C29H57N2Rb. The number of likely N-dealkylation sites (tertiary alicyclic amines) is 2. The molecule has 2 aliphatic heterocycles. The molecule has 0 amide bonds. The molecule has 0 unspecified atom stereocenters. The van der Waals surface area contributed by atoms with Crippen LogP contribution < -0.4 is 58.2 Å². The van der Waals surface area contributed by atoms with Gasteiger partial charge in [-0.1, -0.05) is 53.9 Å². The number of nitrogens with zero attached hydrogens (tertiary/aromatic N) is 2. The van der Waals surface area contributed by atoms with E-state index in [1.807, 2.05) is 33.6 Å². The van der Waals surface area contributed by atoms with Crippen molar-refractivity contribution in [3.63, 3.8) is 0 Å². The van der Waals surface area contributed by atoms with Gasteiger partial charge in [0.05, 0.1) is 0 Å². The van der Waals surface area contributed by atoms with E-state index in [1.165, 1.54) is 110 Å². The molecule has 3 heteroatoms. The van der Waals surface area contributed by atoms with Gasteiger partial charge in [0.25, 0.3) is 0 Å². The van der Waals surface area contributed by atoms with E-state index < -0.39 is 0 Å². The largest absolute Gasteiger partial charge is 1.00 e. The SMILES string of the molecule is CC.CC.CCCN1CCC2(CC1)C[C-](CN1CCC3(CCC(C(C)C)CC3)CC1)C2.[Rb+]. The van der Waals surface area contributed by atoms with E-state index in [1.54, 1.807) is 0 Å². The Morgan fingerprint density at radius 3 is 1.69 bits per heavy atom. The van der Waals surface area contributed by atoms with Crippen molar-refractivity contribution < 1.29 is 58.2 Å². The average Bonchev–Trinajstić information content (AvgIpc) is 2.79. The van der Waals surface area contributed by atoms with Crippen LogP contribution in [0.5, 0.6) is 0 Å². The van der Waals surface area contributed by atoms with E-state index in [2.05, 4.69) is 30.6 Å². The quantitative estimate of drug-likeness (QED) is 0.481. The van der Waals surface area contributed by atoms with Crippen LogP contribution in [0.1, 0.15) is 119 Å². The van der Waals surface area contributed by atoms with Gasteiger partial charge in [0.1, 0.15) is 0 Å². The van der Waals surface area contributed by atoms with E-state index in [9.17, 15) is 0 Å². The Kier molecular flexibility index (Phi) is 15.6. The zero-order valence-corrected chi connectivity index (χ0v) is 28.5. The summed E-state index contributed by atoms with van der Waals surface area (Å²) in [4.78, 5) is 5.51. The predicted octanol–water partition coefficient (Wildman–Crippen LogP) is 4.83. The topological polar surface area (TPSA) is 6.48 Å². The van der Waals surface area contributed by atoms with E-state index in [4.69, 9.17) is 0 Å². The van der Waals surface area contributed by atoms with Crippen molar-refractivity contribution >= 4 is 0 Å². The third-order valence-electron chi connectivity index (χ3n) is 9.10. The molecule has 2 nitrogen and oxygen atoms in total. The van der Waals surface area contributed by atoms with Crippen LogP contribution in [0.15, 0.2) is 0 Å². The second kappa shape index (κ2) is 15.8. The van der Waals surface area contributed by atoms with Crippen molar-refractivity contribution in [1.82, 2.24) is 9.80 Å². The zero-order chi connectivity index (χ0) is 22.9. The minimum atomic E-state index is 0. The smallest absolute Gasteiger partial charge is 0.332 e. The van der Waals surface area contributed by atoms with E-state index >= 15 is 0 Å². The molecule has 4 fully saturated rings. The molecule has 4 rings (SSSR count). The Bertz CT molecular complexity index is 458. The summed E-state index contributed by atoms with van der Waals surface area (Å²) in [5, 5.41) is 0. The predicted molar refractivity (Wildman–Crippen MR) is 138 cm³/mol. The van der Waals surface area contributed by atoms with Gasteiger partial charge in [0.15, 0.2) is 0 Å². The normalized spacial score (nSPS) is 25.9. The minimum Gasteiger partial charge on any atom is -0.332 e. The maximum absolute atomic E-state index is 2.81. The van der Waals surface area contributed by atoms with Crippen molar-refractivity contribution in [3.05, 3.63) is 5.92 Å². The van der Waals surface area contributed by atoms with Gasteiger partial charge in [-0.05, 0) is 108 Å². The molecule has 0 aromatic heterocycles. The van der Waals surface area contributed by atoms with Gasteiger partial charge in [0, 0.05) is 0 Å². The van der Waals surface area contributed by atoms with Gasteiger partial charge < -0.3 is 9.80 Å². The molecule has 0 N–H and O–H groups in total. The van der Waals surface area contributed by atoms with Gasteiger partial charge in [0.2, 0.25) is 0 Å². The summed E-state index contributed by atoms with van der Waals surface area (Å²) in [5.41, 5.74) is 1.46. The maximum Gasteiger partial charge on any atom is 1.00 e.